The van der Waals surface area contributed by atoms with Crippen molar-refractivity contribution in [2.45, 2.75) is 0 Å². The van der Waals surface area contributed by atoms with Crippen molar-refractivity contribution in [1.29, 1.82) is 0 Å². The van der Waals surface area contributed by atoms with Gasteiger partial charge in [-0.2, -0.15) is 13.5 Å². The van der Waals surface area contributed by atoms with E-state index in [0.717, 1.165) is 0 Å². The Morgan fingerprint density at radius 1 is 0.833 bits per heavy atom. The molecule has 0 fully saturated rings. The van der Waals surface area contributed by atoms with Gasteiger partial charge in [0, 0.05) is 0 Å². The Balaban J connectivity index is 0. The van der Waals surface area contributed by atoms with Gasteiger partial charge in [0.25, 0.3) is 0 Å². The molecule has 0 heterocycles. The van der Waals surface area contributed by atoms with Crippen LogP contribution in [0, 0.1) is 0 Å². The molecule has 6 heteroatoms. The first kappa shape index (κ1) is 58.9. The number of hydrogen-bond acceptors (Lipinski definition) is 0. The van der Waals surface area contributed by atoms with Crippen LogP contribution in [-0.4, -0.2) is 74.3 Å². The van der Waals surface area contributed by atoms with Gasteiger partial charge in [0.05, 0.1) is 0 Å². The fourth-order valence-electron chi connectivity index (χ4n) is 0. The molecule has 0 aromatic rings. The summed E-state index contributed by atoms with van der Waals surface area (Å²) < 4.78 is 0. The van der Waals surface area contributed by atoms with Crippen molar-refractivity contribution in [2.24, 2.45) is 0 Å². The summed E-state index contributed by atoms with van der Waals surface area (Å²) in [5.41, 5.74) is 0. The molecule has 0 nitrogen and oxygen atoms in total. The Morgan fingerprint density at radius 3 is 0.833 bits per heavy atom. The zero-order valence-electron chi connectivity index (χ0n) is 3.23. The van der Waals surface area contributed by atoms with Gasteiger partial charge in [-0.05, 0) is 0 Å². The van der Waals surface area contributed by atoms with E-state index in [9.17, 15) is 0 Å². The van der Waals surface area contributed by atoms with E-state index in [2.05, 4.69) is 0 Å². The van der Waals surface area contributed by atoms with Crippen molar-refractivity contribution in [1.82, 2.24) is 0 Å². The van der Waals surface area contributed by atoms with Gasteiger partial charge < -0.3 is 34.1 Å². The third kappa shape index (κ3) is 26.6. The van der Waals surface area contributed by atoms with Gasteiger partial charge in [-0.3, -0.25) is 0 Å². The molecular weight excluding hydrogens is 359 g/mol. The summed E-state index contributed by atoms with van der Waals surface area (Å²) in [5, 5.41) is 0. The summed E-state index contributed by atoms with van der Waals surface area (Å²) in [5.74, 6) is 0. The monoisotopic (exact) mass is 364 g/mol. The van der Waals surface area contributed by atoms with Crippen LogP contribution in [-0.2, 0) is 19.5 Å². The van der Waals surface area contributed by atoms with Gasteiger partial charge in [0.15, 0.2) is 0 Å². The zero-order chi connectivity index (χ0) is 0. The molecule has 0 atom stereocenters. The molecule has 0 bridgehead atoms. The third-order valence-corrected chi connectivity index (χ3v) is 0. The molecule has 0 amide bonds. The van der Waals surface area contributed by atoms with Crippen LogP contribution in [0.4, 0.5) is 0 Å². The van der Waals surface area contributed by atoms with Gasteiger partial charge in [-0.1, -0.05) is 0 Å². The van der Waals surface area contributed by atoms with Crippen LogP contribution >= 0.6 is 13.5 Å². The molecule has 0 spiro atoms. The van der Waals surface area contributed by atoms with Crippen molar-refractivity contribution >= 4 is 87.8 Å². The zero-order valence-corrected chi connectivity index (χ0v) is 14.1. The van der Waals surface area contributed by atoms with Crippen molar-refractivity contribution in [3.8, 4) is 0 Å². The van der Waals surface area contributed by atoms with E-state index in [1.165, 1.54) is 0 Å². The van der Waals surface area contributed by atoms with Crippen molar-refractivity contribution in [2.75, 3.05) is 0 Å². The van der Waals surface area contributed by atoms with Crippen LogP contribution in [0.1, 0.15) is 0 Å². The topological polar surface area (TPSA) is 0 Å². The van der Waals surface area contributed by atoms with Crippen molar-refractivity contribution in [3.63, 3.8) is 0 Å². The molecule has 6 heavy (non-hydrogen) atoms. The fraction of sp³-hybridized carbons (Fsp3) is 0. The Morgan fingerprint density at radius 2 is 0.833 bits per heavy atom. The van der Waals surface area contributed by atoms with Crippen LogP contribution in [0.3, 0.4) is 0 Å². The molecular formula is H4MgSSe3Zn. The van der Waals surface area contributed by atoms with Crippen molar-refractivity contribution in [3.05, 3.63) is 0 Å². The normalized spacial score (nSPS) is 0. The van der Waals surface area contributed by atoms with E-state index in [0.29, 0.717) is 0 Å². The number of rotatable bonds is 0. The second-order valence-electron chi connectivity index (χ2n) is 0. The van der Waals surface area contributed by atoms with Gasteiger partial charge in [-0.15, -0.1) is 0 Å². The van der Waals surface area contributed by atoms with E-state index >= 15 is 0 Å². The van der Waals surface area contributed by atoms with Crippen molar-refractivity contribution < 1.29 is 19.5 Å². The van der Waals surface area contributed by atoms with Crippen LogP contribution in [0.15, 0.2) is 0 Å². The third-order valence-electron chi connectivity index (χ3n) is 0. The van der Waals surface area contributed by atoms with Gasteiger partial charge in [0.1, 0.15) is 0 Å². The first-order chi connectivity index (χ1) is 0. The molecule has 32 valence electrons. The quantitative estimate of drug-likeness (QED) is 0.440. The SMILES string of the molecule is S.[Mg+2].[Se-2].[Se-2].[SeH2].[Zn+2]. The molecule has 0 saturated carbocycles. The van der Waals surface area contributed by atoms with E-state index in [-0.39, 0.29) is 107 Å². The van der Waals surface area contributed by atoms with E-state index in [1.807, 2.05) is 0 Å². The number of hydrogen-bond donors (Lipinski definition) is 0. The Bertz CT molecular complexity index is 10.8. The smallest absolute Gasteiger partial charge is 2.00 e. The molecule has 0 rings (SSSR count). The van der Waals surface area contributed by atoms with E-state index < -0.39 is 0 Å². The maximum Gasteiger partial charge on any atom is 2.00 e. The molecule has 0 unspecified atom stereocenters. The maximum absolute atomic E-state index is 0. The summed E-state index contributed by atoms with van der Waals surface area (Å²) in [6, 6.07) is 0. The minimum atomic E-state index is 0. The van der Waals surface area contributed by atoms with Crippen LogP contribution in [0.5, 0.6) is 0 Å². The van der Waals surface area contributed by atoms with Gasteiger partial charge in [-0.25, -0.2) is 0 Å². The Kier molecular flexibility index (Phi) is 399. The predicted molar refractivity (Wildman–Crippen MR) is 36.2 cm³/mol. The maximum atomic E-state index is 0. The first-order valence-corrected chi connectivity index (χ1v) is 0. The fourth-order valence-corrected chi connectivity index (χ4v) is 0. The van der Waals surface area contributed by atoms with E-state index in [4.69, 9.17) is 0 Å². The summed E-state index contributed by atoms with van der Waals surface area (Å²) in [6.07, 6.45) is 0. The van der Waals surface area contributed by atoms with Gasteiger partial charge >= 0.3 is 59.6 Å². The van der Waals surface area contributed by atoms with Gasteiger partial charge in [0.2, 0.25) is 0 Å². The first-order valence-electron chi connectivity index (χ1n) is 0. The predicted octanol–water partition coefficient (Wildman–Crippen LogP) is -1.95. The Labute approximate surface area is 106 Å². The molecule has 0 N–H and O–H groups in total. The van der Waals surface area contributed by atoms with Crippen LogP contribution < -0.4 is 0 Å². The average molecular weight is 363 g/mol. The second kappa shape index (κ2) is 40.6. The van der Waals surface area contributed by atoms with E-state index in [1.54, 1.807) is 0 Å². The largest absolute Gasteiger partial charge is 2.00 e. The standard InChI is InChI=1S/Mg.H2S.H2Se.2Se.Zn/h;2*1H2;;;/q+2;;;2*-2;+2. The minimum Gasteiger partial charge on any atom is 2.00 e. The minimum absolute atomic E-state index is 0. The molecule has 0 radical (unpaired) electrons. The summed E-state index contributed by atoms with van der Waals surface area (Å²) in [7, 11) is 0. The summed E-state index contributed by atoms with van der Waals surface area (Å²) in [6.45, 7) is 0. The summed E-state index contributed by atoms with van der Waals surface area (Å²) in [4.78, 5) is 0. The molecule has 0 aliphatic carbocycles. The molecule has 0 saturated heterocycles. The average Bonchev–Trinajstić information content (AvgIpc) is 0. The summed E-state index contributed by atoms with van der Waals surface area (Å²) >= 11 is 0. The molecule has 0 aliphatic heterocycles. The Hall–Kier alpha value is 3.30. The van der Waals surface area contributed by atoms with Crippen LogP contribution in [0.25, 0.3) is 0 Å². The molecule has 0 aromatic heterocycles. The second-order valence-corrected chi connectivity index (χ2v) is 0. The molecule has 0 aliphatic rings. The molecule has 0 aromatic carbocycles. The van der Waals surface area contributed by atoms with Crippen LogP contribution in [0.2, 0.25) is 0 Å².